The van der Waals surface area contributed by atoms with Crippen LogP contribution in [-0.2, 0) is 0 Å². The first-order chi connectivity index (χ1) is 7.18. The molecule has 0 unspecified atom stereocenters. The first-order valence-electron chi connectivity index (χ1n) is 4.84. The summed E-state index contributed by atoms with van der Waals surface area (Å²) < 4.78 is 0. The highest BCUT2D eigenvalue weighted by molar-refractivity contribution is 6.30. The highest BCUT2D eigenvalue weighted by Gasteiger charge is 2.09. The third-order valence-corrected chi connectivity index (χ3v) is 2.48. The minimum absolute atomic E-state index is 0.420. The second kappa shape index (κ2) is 4.03. The molecular weight excluding hydrogens is 210 g/mol. The van der Waals surface area contributed by atoms with Crippen LogP contribution in [0.3, 0.4) is 0 Å². The zero-order valence-corrected chi connectivity index (χ0v) is 9.44. The van der Waals surface area contributed by atoms with Gasteiger partial charge in [-0.25, -0.2) is 0 Å². The lowest BCUT2D eigenvalue weighted by Crippen LogP contribution is -2.04. The average molecular weight is 222 g/mol. The minimum Gasteiger partial charge on any atom is -0.157 e. The topological polar surface area (TPSA) is 30.7 Å². The summed E-state index contributed by atoms with van der Waals surface area (Å²) in [6, 6.07) is 5.80. The number of rotatable bonds is 2. The number of halogens is 1. The molecule has 1 aromatic heterocycles. The fourth-order valence-corrected chi connectivity index (χ4v) is 1.68. The summed E-state index contributed by atoms with van der Waals surface area (Å²) in [6.45, 7) is 4.27. The van der Waals surface area contributed by atoms with Crippen molar-refractivity contribution in [2.75, 3.05) is 0 Å². The molecule has 1 aromatic carbocycles. The Kier molecular flexibility index (Phi) is 2.73. The number of aromatic nitrogens is 3. The first kappa shape index (κ1) is 10.2. The smallest absolute Gasteiger partial charge is 0.0905 e. The zero-order valence-electron chi connectivity index (χ0n) is 8.68. The third-order valence-electron chi connectivity index (χ3n) is 2.25. The fourth-order valence-electron chi connectivity index (χ4n) is 1.52. The molecule has 78 valence electrons. The molecule has 1 heterocycles. The lowest BCUT2D eigenvalue weighted by atomic mass is 10.0. The van der Waals surface area contributed by atoms with E-state index in [4.69, 9.17) is 11.6 Å². The van der Waals surface area contributed by atoms with E-state index in [9.17, 15) is 0 Å². The van der Waals surface area contributed by atoms with Gasteiger partial charge in [0.25, 0.3) is 0 Å². The van der Waals surface area contributed by atoms with E-state index >= 15 is 0 Å². The van der Waals surface area contributed by atoms with Crippen LogP contribution in [0.2, 0.25) is 5.02 Å². The average Bonchev–Trinajstić information content (AvgIpc) is 2.69. The normalized spacial score (nSPS) is 10.9. The Morgan fingerprint density at radius 1 is 1.20 bits per heavy atom. The van der Waals surface area contributed by atoms with Crippen LogP contribution in [0.15, 0.2) is 30.6 Å². The molecule has 4 heteroatoms. The van der Waals surface area contributed by atoms with Gasteiger partial charge in [0.15, 0.2) is 0 Å². The molecule has 15 heavy (non-hydrogen) atoms. The predicted octanol–water partition coefficient (Wildman–Crippen LogP) is 3.04. The SMILES string of the molecule is CC(C)c1ccc(Cl)cc1-n1nccn1. The van der Waals surface area contributed by atoms with Crippen LogP contribution in [0, 0.1) is 0 Å². The van der Waals surface area contributed by atoms with Gasteiger partial charge in [-0.2, -0.15) is 15.0 Å². The molecule has 0 saturated heterocycles. The Morgan fingerprint density at radius 2 is 1.87 bits per heavy atom. The van der Waals surface area contributed by atoms with Crippen LogP contribution >= 0.6 is 11.6 Å². The van der Waals surface area contributed by atoms with E-state index in [1.165, 1.54) is 5.56 Å². The Morgan fingerprint density at radius 3 is 2.47 bits per heavy atom. The summed E-state index contributed by atoms with van der Waals surface area (Å²) in [6.07, 6.45) is 3.32. The Bertz CT molecular complexity index is 449. The highest BCUT2D eigenvalue weighted by atomic mass is 35.5. The maximum absolute atomic E-state index is 5.97. The molecule has 0 spiro atoms. The zero-order chi connectivity index (χ0) is 10.8. The van der Waals surface area contributed by atoms with Gasteiger partial charge in [0.2, 0.25) is 0 Å². The maximum atomic E-state index is 5.97. The predicted molar refractivity (Wildman–Crippen MR) is 60.5 cm³/mol. The van der Waals surface area contributed by atoms with Gasteiger partial charge in [-0.05, 0) is 23.6 Å². The van der Waals surface area contributed by atoms with E-state index in [1.807, 2.05) is 18.2 Å². The van der Waals surface area contributed by atoms with E-state index < -0.39 is 0 Å². The lowest BCUT2D eigenvalue weighted by molar-refractivity contribution is 0.727. The Labute approximate surface area is 93.7 Å². The van der Waals surface area contributed by atoms with Crippen LogP contribution in [0.25, 0.3) is 5.69 Å². The van der Waals surface area contributed by atoms with Gasteiger partial charge in [0, 0.05) is 5.02 Å². The molecular formula is C11H12ClN3. The maximum Gasteiger partial charge on any atom is 0.0905 e. The quantitative estimate of drug-likeness (QED) is 0.781. The van der Waals surface area contributed by atoms with Crippen molar-refractivity contribution in [1.29, 1.82) is 0 Å². The summed E-state index contributed by atoms with van der Waals surface area (Å²) in [5.74, 6) is 0.420. The van der Waals surface area contributed by atoms with Gasteiger partial charge in [0.1, 0.15) is 0 Å². The van der Waals surface area contributed by atoms with Gasteiger partial charge in [-0.3, -0.25) is 0 Å². The molecule has 2 aromatic rings. The monoisotopic (exact) mass is 221 g/mol. The van der Waals surface area contributed by atoms with Crippen molar-refractivity contribution in [3.8, 4) is 5.69 Å². The van der Waals surface area contributed by atoms with Crippen LogP contribution < -0.4 is 0 Å². The van der Waals surface area contributed by atoms with Crippen molar-refractivity contribution in [2.45, 2.75) is 19.8 Å². The lowest BCUT2D eigenvalue weighted by Gasteiger charge is -2.11. The summed E-state index contributed by atoms with van der Waals surface area (Å²) in [5, 5.41) is 8.94. The minimum atomic E-state index is 0.420. The fraction of sp³-hybridized carbons (Fsp3) is 0.273. The van der Waals surface area contributed by atoms with Crippen molar-refractivity contribution < 1.29 is 0 Å². The number of hydrogen-bond acceptors (Lipinski definition) is 2. The molecule has 0 bridgehead atoms. The Balaban J connectivity index is 2.58. The van der Waals surface area contributed by atoms with Crippen LogP contribution in [0.4, 0.5) is 0 Å². The van der Waals surface area contributed by atoms with E-state index in [0.717, 1.165) is 5.69 Å². The molecule has 0 atom stereocenters. The number of nitrogens with zero attached hydrogens (tertiary/aromatic N) is 3. The van der Waals surface area contributed by atoms with Gasteiger partial charge < -0.3 is 0 Å². The van der Waals surface area contributed by atoms with E-state index in [1.54, 1.807) is 17.2 Å². The summed E-state index contributed by atoms with van der Waals surface area (Å²) in [7, 11) is 0. The third kappa shape index (κ3) is 2.02. The molecule has 0 aliphatic rings. The molecule has 0 aliphatic carbocycles. The molecule has 0 N–H and O–H groups in total. The molecule has 2 rings (SSSR count). The second-order valence-electron chi connectivity index (χ2n) is 3.68. The van der Waals surface area contributed by atoms with E-state index in [2.05, 4.69) is 24.0 Å². The van der Waals surface area contributed by atoms with Crippen molar-refractivity contribution in [3.05, 3.63) is 41.2 Å². The van der Waals surface area contributed by atoms with Crippen molar-refractivity contribution in [2.24, 2.45) is 0 Å². The van der Waals surface area contributed by atoms with Crippen molar-refractivity contribution in [1.82, 2.24) is 15.0 Å². The largest absolute Gasteiger partial charge is 0.157 e. The molecule has 0 radical (unpaired) electrons. The summed E-state index contributed by atoms with van der Waals surface area (Å²) >= 11 is 5.97. The van der Waals surface area contributed by atoms with Crippen molar-refractivity contribution in [3.63, 3.8) is 0 Å². The van der Waals surface area contributed by atoms with Gasteiger partial charge in [0.05, 0.1) is 18.1 Å². The molecule has 3 nitrogen and oxygen atoms in total. The standard InChI is InChI=1S/C11H12ClN3/c1-8(2)10-4-3-9(12)7-11(10)15-13-5-6-14-15/h3-8H,1-2H3. The number of benzene rings is 1. The van der Waals surface area contributed by atoms with Crippen LogP contribution in [0.1, 0.15) is 25.3 Å². The summed E-state index contributed by atoms with van der Waals surface area (Å²) in [5.41, 5.74) is 2.14. The van der Waals surface area contributed by atoms with Gasteiger partial charge in [-0.1, -0.05) is 31.5 Å². The van der Waals surface area contributed by atoms with Crippen LogP contribution in [0.5, 0.6) is 0 Å². The Hall–Kier alpha value is -1.35. The highest BCUT2D eigenvalue weighted by Crippen LogP contribution is 2.25. The second-order valence-corrected chi connectivity index (χ2v) is 4.11. The first-order valence-corrected chi connectivity index (χ1v) is 5.22. The van der Waals surface area contributed by atoms with Crippen LogP contribution in [-0.4, -0.2) is 15.0 Å². The van der Waals surface area contributed by atoms with Crippen molar-refractivity contribution >= 4 is 11.6 Å². The molecule has 0 saturated carbocycles. The molecule has 0 fully saturated rings. The van der Waals surface area contributed by atoms with E-state index in [0.29, 0.717) is 10.9 Å². The molecule has 0 aliphatic heterocycles. The van der Waals surface area contributed by atoms with E-state index in [-0.39, 0.29) is 0 Å². The van der Waals surface area contributed by atoms with Gasteiger partial charge in [-0.15, -0.1) is 0 Å². The number of hydrogen-bond donors (Lipinski definition) is 0. The summed E-state index contributed by atoms with van der Waals surface area (Å²) in [4.78, 5) is 1.60. The van der Waals surface area contributed by atoms with Gasteiger partial charge >= 0.3 is 0 Å². The molecule has 0 amide bonds.